The Labute approximate surface area is 101 Å². The van der Waals surface area contributed by atoms with Crippen LogP contribution in [0.4, 0.5) is 0 Å². The van der Waals surface area contributed by atoms with E-state index in [0.717, 1.165) is 5.92 Å². The Bertz CT molecular complexity index is 225. The molecule has 0 N–H and O–H groups in total. The SMILES string of the molecule is CC1CCCCCC2(C)CCC2(S)CC1. The highest BCUT2D eigenvalue weighted by Gasteiger charge is 2.52. The third-order valence-electron chi connectivity index (χ3n) is 5.19. The monoisotopic (exact) mass is 226 g/mol. The summed E-state index contributed by atoms with van der Waals surface area (Å²) in [6.07, 6.45) is 12.7. The van der Waals surface area contributed by atoms with Gasteiger partial charge in [0.2, 0.25) is 0 Å². The van der Waals surface area contributed by atoms with Gasteiger partial charge in [-0.1, -0.05) is 39.5 Å². The summed E-state index contributed by atoms with van der Waals surface area (Å²) in [5, 5.41) is 0. The van der Waals surface area contributed by atoms with Crippen molar-refractivity contribution in [3.8, 4) is 0 Å². The van der Waals surface area contributed by atoms with E-state index in [1.165, 1.54) is 57.8 Å². The van der Waals surface area contributed by atoms with Crippen molar-refractivity contribution in [2.75, 3.05) is 0 Å². The number of rotatable bonds is 0. The van der Waals surface area contributed by atoms with Crippen LogP contribution in [0.1, 0.15) is 71.6 Å². The number of thiol groups is 1. The largest absolute Gasteiger partial charge is 0.172 e. The minimum Gasteiger partial charge on any atom is -0.172 e. The lowest BCUT2D eigenvalue weighted by atomic mass is 9.56. The van der Waals surface area contributed by atoms with Gasteiger partial charge in [-0.25, -0.2) is 0 Å². The highest BCUT2D eigenvalue weighted by atomic mass is 32.1. The topological polar surface area (TPSA) is 0 Å². The van der Waals surface area contributed by atoms with Crippen LogP contribution in [0.2, 0.25) is 0 Å². The van der Waals surface area contributed by atoms with Crippen molar-refractivity contribution >= 4 is 12.6 Å². The maximum absolute atomic E-state index is 5.03. The molecule has 0 bridgehead atoms. The third-order valence-corrected chi connectivity index (χ3v) is 6.18. The van der Waals surface area contributed by atoms with E-state index >= 15 is 0 Å². The molecule has 3 unspecified atom stereocenters. The van der Waals surface area contributed by atoms with Gasteiger partial charge in [0.1, 0.15) is 0 Å². The second-order valence-corrected chi connectivity index (χ2v) is 7.19. The van der Waals surface area contributed by atoms with E-state index < -0.39 is 0 Å². The zero-order valence-corrected chi connectivity index (χ0v) is 11.3. The summed E-state index contributed by atoms with van der Waals surface area (Å²) in [6, 6.07) is 0. The molecule has 0 aliphatic heterocycles. The highest BCUT2D eigenvalue weighted by molar-refractivity contribution is 7.82. The Morgan fingerprint density at radius 3 is 2.40 bits per heavy atom. The van der Waals surface area contributed by atoms with Gasteiger partial charge >= 0.3 is 0 Å². The maximum atomic E-state index is 5.03. The van der Waals surface area contributed by atoms with Gasteiger partial charge < -0.3 is 0 Å². The van der Waals surface area contributed by atoms with Crippen molar-refractivity contribution in [1.29, 1.82) is 0 Å². The van der Waals surface area contributed by atoms with Crippen molar-refractivity contribution in [2.45, 2.75) is 76.4 Å². The fraction of sp³-hybridized carbons (Fsp3) is 1.00. The summed E-state index contributed by atoms with van der Waals surface area (Å²) in [5.41, 5.74) is 0.563. The molecule has 1 heteroatoms. The average molecular weight is 226 g/mol. The van der Waals surface area contributed by atoms with Crippen LogP contribution in [0.25, 0.3) is 0 Å². The van der Waals surface area contributed by atoms with Gasteiger partial charge in [0.25, 0.3) is 0 Å². The number of hydrogen-bond acceptors (Lipinski definition) is 1. The van der Waals surface area contributed by atoms with Crippen molar-refractivity contribution in [3.63, 3.8) is 0 Å². The van der Waals surface area contributed by atoms with Crippen LogP contribution in [0.15, 0.2) is 0 Å². The Kier molecular flexibility index (Phi) is 3.40. The molecule has 0 radical (unpaired) electrons. The smallest absolute Gasteiger partial charge is 0.0183 e. The van der Waals surface area contributed by atoms with Crippen molar-refractivity contribution in [2.24, 2.45) is 11.3 Å². The van der Waals surface area contributed by atoms with Gasteiger partial charge in [-0.15, -0.1) is 0 Å². The van der Waals surface area contributed by atoms with Gasteiger partial charge in [0.15, 0.2) is 0 Å². The molecule has 2 saturated carbocycles. The highest BCUT2D eigenvalue weighted by Crippen LogP contribution is 2.59. The van der Waals surface area contributed by atoms with Gasteiger partial charge in [-0.05, 0) is 43.4 Å². The second-order valence-electron chi connectivity index (χ2n) is 6.34. The molecule has 0 heterocycles. The molecule has 2 aliphatic rings. The minimum absolute atomic E-state index is 0.387. The zero-order chi connectivity index (χ0) is 10.9. The molecule has 2 aliphatic carbocycles. The Hall–Kier alpha value is 0.350. The molecule has 15 heavy (non-hydrogen) atoms. The van der Waals surface area contributed by atoms with E-state index in [1.807, 2.05) is 0 Å². The standard InChI is InChI=1S/C14H26S/c1-12-6-4-3-5-8-13(2)10-11-14(13,15)9-7-12/h12,15H,3-11H2,1-2H3. The first kappa shape index (κ1) is 11.8. The summed E-state index contributed by atoms with van der Waals surface area (Å²) in [6.45, 7) is 4.91. The lowest BCUT2D eigenvalue weighted by Gasteiger charge is -2.56. The van der Waals surface area contributed by atoms with Crippen LogP contribution in [0.5, 0.6) is 0 Å². The lowest BCUT2D eigenvalue weighted by molar-refractivity contribution is 0.0579. The predicted molar refractivity (Wildman–Crippen MR) is 70.5 cm³/mol. The fourth-order valence-corrected chi connectivity index (χ4v) is 3.90. The summed E-state index contributed by atoms with van der Waals surface area (Å²) < 4.78 is 0.387. The molecule has 2 fully saturated rings. The first-order valence-corrected chi connectivity index (χ1v) is 7.23. The van der Waals surface area contributed by atoms with Crippen LogP contribution >= 0.6 is 12.6 Å². The van der Waals surface area contributed by atoms with E-state index in [4.69, 9.17) is 12.6 Å². The second kappa shape index (κ2) is 4.31. The van der Waals surface area contributed by atoms with E-state index in [-0.39, 0.29) is 0 Å². The quantitative estimate of drug-likeness (QED) is 0.562. The summed E-state index contributed by atoms with van der Waals surface area (Å²) >= 11 is 5.03. The van der Waals surface area contributed by atoms with Crippen molar-refractivity contribution in [1.82, 2.24) is 0 Å². The summed E-state index contributed by atoms with van der Waals surface area (Å²) in [7, 11) is 0. The summed E-state index contributed by atoms with van der Waals surface area (Å²) in [4.78, 5) is 0. The van der Waals surface area contributed by atoms with Crippen LogP contribution in [0.3, 0.4) is 0 Å². The molecule has 3 atom stereocenters. The van der Waals surface area contributed by atoms with E-state index in [9.17, 15) is 0 Å². The minimum atomic E-state index is 0.387. The Balaban J connectivity index is 2.01. The Morgan fingerprint density at radius 2 is 1.73 bits per heavy atom. The molecular formula is C14H26S. The molecule has 88 valence electrons. The van der Waals surface area contributed by atoms with Crippen LogP contribution in [0, 0.1) is 11.3 Å². The first-order chi connectivity index (χ1) is 7.06. The number of hydrogen-bond donors (Lipinski definition) is 1. The Morgan fingerprint density at radius 1 is 0.933 bits per heavy atom. The summed E-state index contributed by atoms with van der Waals surface area (Å²) in [5.74, 6) is 0.928. The van der Waals surface area contributed by atoms with Gasteiger partial charge in [-0.2, -0.15) is 12.6 Å². The molecule has 2 rings (SSSR count). The molecule has 0 spiro atoms. The normalized spacial score (nSPS) is 47.8. The molecule has 0 aromatic heterocycles. The third kappa shape index (κ3) is 2.23. The van der Waals surface area contributed by atoms with Crippen LogP contribution in [-0.4, -0.2) is 4.75 Å². The van der Waals surface area contributed by atoms with Crippen molar-refractivity contribution in [3.05, 3.63) is 0 Å². The molecule has 0 aromatic carbocycles. The van der Waals surface area contributed by atoms with Gasteiger partial charge in [0.05, 0.1) is 0 Å². The molecular weight excluding hydrogens is 200 g/mol. The van der Waals surface area contributed by atoms with Crippen LogP contribution in [-0.2, 0) is 0 Å². The number of fused-ring (bicyclic) bond motifs is 1. The van der Waals surface area contributed by atoms with Crippen LogP contribution < -0.4 is 0 Å². The van der Waals surface area contributed by atoms with E-state index in [0.29, 0.717) is 10.2 Å². The van der Waals surface area contributed by atoms with Gasteiger partial charge in [0, 0.05) is 4.75 Å². The predicted octanol–water partition coefficient (Wildman–Crippen LogP) is 4.84. The zero-order valence-electron chi connectivity index (χ0n) is 10.4. The molecule has 0 saturated heterocycles. The van der Waals surface area contributed by atoms with Crippen molar-refractivity contribution < 1.29 is 0 Å². The van der Waals surface area contributed by atoms with Gasteiger partial charge in [-0.3, -0.25) is 0 Å². The average Bonchev–Trinajstić information content (AvgIpc) is 2.22. The lowest BCUT2D eigenvalue weighted by Crippen LogP contribution is -2.51. The van der Waals surface area contributed by atoms with E-state index in [1.54, 1.807) is 0 Å². The molecule has 0 nitrogen and oxygen atoms in total. The molecule has 0 amide bonds. The maximum Gasteiger partial charge on any atom is 0.0183 e. The fourth-order valence-electron chi connectivity index (χ4n) is 3.44. The van der Waals surface area contributed by atoms with E-state index in [2.05, 4.69) is 13.8 Å². The molecule has 0 aromatic rings. The first-order valence-electron chi connectivity index (χ1n) is 6.78.